The maximum atomic E-state index is 12.6. The van der Waals surface area contributed by atoms with Gasteiger partial charge in [0.25, 0.3) is 10.0 Å². The number of halogens is 5. The monoisotopic (exact) mass is 467 g/mol. The Morgan fingerprint density at radius 3 is 2.29 bits per heavy atom. The van der Waals surface area contributed by atoms with Gasteiger partial charge in [0.15, 0.2) is 0 Å². The van der Waals surface area contributed by atoms with Gasteiger partial charge >= 0.3 is 6.18 Å². The first-order valence-electron chi connectivity index (χ1n) is 7.51. The van der Waals surface area contributed by atoms with E-state index >= 15 is 0 Å². The van der Waals surface area contributed by atoms with Crippen LogP contribution in [0.2, 0.25) is 10.0 Å². The minimum atomic E-state index is -4.41. The molecule has 1 N–H and O–H groups in total. The van der Waals surface area contributed by atoms with Crippen molar-refractivity contribution in [3.63, 3.8) is 0 Å². The van der Waals surface area contributed by atoms with E-state index in [0.29, 0.717) is 10.6 Å². The normalized spacial score (nSPS) is 12.2. The maximum absolute atomic E-state index is 12.6. The molecule has 28 heavy (non-hydrogen) atoms. The van der Waals surface area contributed by atoms with Gasteiger partial charge in [-0.25, -0.2) is 8.42 Å². The van der Waals surface area contributed by atoms with Gasteiger partial charge in [0.1, 0.15) is 5.01 Å². The third kappa shape index (κ3) is 4.93. The SMILES string of the molecule is O=S(=O)(Nc1nnc(Cc2ccc(C(F)(F)F)cc2)s1)c1ccc(Cl)c(Cl)c1. The van der Waals surface area contributed by atoms with Crippen LogP contribution in [-0.4, -0.2) is 18.6 Å². The first kappa shape index (κ1) is 20.8. The molecule has 148 valence electrons. The molecule has 0 radical (unpaired) electrons. The molecule has 3 rings (SSSR count). The quantitative estimate of drug-likeness (QED) is 0.555. The molecule has 0 saturated heterocycles. The number of nitrogens with one attached hydrogen (secondary N) is 1. The van der Waals surface area contributed by atoms with Crippen LogP contribution in [0.4, 0.5) is 18.3 Å². The molecule has 0 atom stereocenters. The third-order valence-electron chi connectivity index (χ3n) is 3.53. The van der Waals surface area contributed by atoms with Crippen molar-refractivity contribution >= 4 is 49.7 Å². The number of alkyl halides is 3. The maximum Gasteiger partial charge on any atom is 0.416 e. The van der Waals surface area contributed by atoms with Crippen LogP contribution in [0.15, 0.2) is 47.4 Å². The summed E-state index contributed by atoms with van der Waals surface area (Å²) in [5, 5.41) is 8.39. The van der Waals surface area contributed by atoms with Gasteiger partial charge in [0, 0.05) is 6.42 Å². The van der Waals surface area contributed by atoms with E-state index in [-0.39, 0.29) is 26.5 Å². The number of hydrogen-bond acceptors (Lipinski definition) is 5. The Hall–Kier alpha value is -1.88. The fraction of sp³-hybridized carbons (Fsp3) is 0.125. The van der Waals surface area contributed by atoms with Crippen molar-refractivity contribution < 1.29 is 21.6 Å². The van der Waals surface area contributed by atoms with E-state index in [0.717, 1.165) is 23.5 Å². The summed E-state index contributed by atoms with van der Waals surface area (Å²) in [6, 6.07) is 8.48. The summed E-state index contributed by atoms with van der Waals surface area (Å²) in [6.45, 7) is 0. The van der Waals surface area contributed by atoms with Crippen molar-refractivity contribution in [1.82, 2.24) is 10.2 Å². The predicted octanol–water partition coefficient (Wildman–Crippen LogP) is 5.26. The molecule has 0 spiro atoms. The highest BCUT2D eigenvalue weighted by Crippen LogP contribution is 2.30. The van der Waals surface area contributed by atoms with E-state index in [1.165, 1.54) is 30.3 Å². The van der Waals surface area contributed by atoms with Crippen molar-refractivity contribution in [2.24, 2.45) is 0 Å². The zero-order valence-corrected chi connectivity index (χ0v) is 16.8. The molecule has 12 heteroatoms. The minimum absolute atomic E-state index is 0.0213. The molecule has 0 amide bonds. The lowest BCUT2D eigenvalue weighted by Gasteiger charge is -2.06. The van der Waals surface area contributed by atoms with Crippen molar-refractivity contribution in [1.29, 1.82) is 0 Å². The van der Waals surface area contributed by atoms with Crippen molar-refractivity contribution in [3.8, 4) is 0 Å². The molecule has 2 aromatic carbocycles. The second kappa shape index (κ2) is 7.86. The number of rotatable bonds is 5. The molecule has 0 aliphatic heterocycles. The van der Waals surface area contributed by atoms with Gasteiger partial charge in [0.2, 0.25) is 5.13 Å². The molecule has 5 nitrogen and oxygen atoms in total. The average Bonchev–Trinajstić information content (AvgIpc) is 3.03. The largest absolute Gasteiger partial charge is 0.416 e. The lowest BCUT2D eigenvalue weighted by Crippen LogP contribution is -2.12. The fourth-order valence-electron chi connectivity index (χ4n) is 2.17. The predicted molar refractivity (Wildman–Crippen MR) is 101 cm³/mol. The highest BCUT2D eigenvalue weighted by Gasteiger charge is 2.30. The molecular weight excluding hydrogens is 458 g/mol. The summed E-state index contributed by atoms with van der Waals surface area (Å²) in [5.74, 6) is 0. The van der Waals surface area contributed by atoms with Crippen LogP contribution >= 0.6 is 34.5 Å². The number of sulfonamides is 1. The second-order valence-corrected chi connectivity index (χ2v) is 9.11. The van der Waals surface area contributed by atoms with Crippen LogP contribution in [0, 0.1) is 0 Å². The van der Waals surface area contributed by atoms with Crippen LogP contribution in [0.1, 0.15) is 16.1 Å². The second-order valence-electron chi connectivity index (χ2n) is 5.55. The molecule has 0 aliphatic rings. The highest BCUT2D eigenvalue weighted by atomic mass is 35.5. The van der Waals surface area contributed by atoms with E-state index in [1.54, 1.807) is 0 Å². The summed E-state index contributed by atoms with van der Waals surface area (Å²) in [4.78, 5) is -0.0959. The van der Waals surface area contributed by atoms with E-state index in [9.17, 15) is 21.6 Å². The van der Waals surface area contributed by atoms with Gasteiger partial charge in [-0.15, -0.1) is 10.2 Å². The molecule has 1 heterocycles. The number of nitrogens with zero attached hydrogens (tertiary/aromatic N) is 2. The van der Waals surface area contributed by atoms with Gasteiger partial charge in [-0.2, -0.15) is 13.2 Å². The Labute approximate surface area is 172 Å². The smallest absolute Gasteiger partial charge is 0.253 e. The Morgan fingerprint density at radius 1 is 1.00 bits per heavy atom. The lowest BCUT2D eigenvalue weighted by atomic mass is 10.1. The van der Waals surface area contributed by atoms with Gasteiger partial charge < -0.3 is 0 Å². The molecule has 0 saturated carbocycles. The molecule has 0 aliphatic carbocycles. The molecule has 3 aromatic rings. The summed E-state index contributed by atoms with van der Waals surface area (Å²) >= 11 is 12.6. The Bertz CT molecular complexity index is 1100. The minimum Gasteiger partial charge on any atom is -0.253 e. The first-order valence-corrected chi connectivity index (χ1v) is 10.6. The number of anilines is 1. The number of benzene rings is 2. The Balaban J connectivity index is 1.72. The Kier molecular flexibility index (Phi) is 5.85. The lowest BCUT2D eigenvalue weighted by molar-refractivity contribution is -0.137. The molecule has 0 fully saturated rings. The molecule has 0 bridgehead atoms. The Morgan fingerprint density at radius 2 is 1.68 bits per heavy atom. The fourth-order valence-corrected chi connectivity index (χ4v) is 4.56. The van der Waals surface area contributed by atoms with Gasteiger partial charge in [0.05, 0.1) is 20.5 Å². The number of hydrogen-bond donors (Lipinski definition) is 1. The summed E-state index contributed by atoms with van der Waals surface area (Å²) in [6.07, 6.45) is -4.19. The zero-order chi connectivity index (χ0) is 20.5. The van der Waals surface area contributed by atoms with Crippen molar-refractivity contribution in [2.75, 3.05) is 4.72 Å². The van der Waals surface area contributed by atoms with Crippen LogP contribution in [-0.2, 0) is 22.6 Å². The summed E-state index contributed by atoms with van der Waals surface area (Å²) in [7, 11) is -3.94. The van der Waals surface area contributed by atoms with Crippen LogP contribution in [0.25, 0.3) is 0 Å². The summed E-state index contributed by atoms with van der Waals surface area (Å²) < 4.78 is 64.8. The van der Waals surface area contributed by atoms with E-state index < -0.39 is 21.8 Å². The third-order valence-corrected chi connectivity index (χ3v) is 6.57. The first-order chi connectivity index (χ1) is 13.0. The van der Waals surface area contributed by atoms with Crippen LogP contribution in [0.5, 0.6) is 0 Å². The van der Waals surface area contributed by atoms with Crippen molar-refractivity contribution in [2.45, 2.75) is 17.5 Å². The summed E-state index contributed by atoms with van der Waals surface area (Å²) in [5.41, 5.74) is -0.161. The van der Waals surface area contributed by atoms with Gasteiger partial charge in [-0.05, 0) is 35.9 Å². The zero-order valence-electron chi connectivity index (χ0n) is 13.7. The van der Waals surface area contributed by atoms with Gasteiger partial charge in [-0.1, -0.05) is 46.7 Å². The standard InChI is InChI=1S/C16H10Cl2F3N3O2S2/c17-12-6-5-11(8-13(12)18)28(25,26)24-15-23-22-14(27-15)7-9-1-3-10(4-2-9)16(19,20)21/h1-6,8H,7H2,(H,23,24). The topological polar surface area (TPSA) is 72.0 Å². The van der Waals surface area contributed by atoms with E-state index in [2.05, 4.69) is 14.9 Å². The highest BCUT2D eigenvalue weighted by molar-refractivity contribution is 7.93. The van der Waals surface area contributed by atoms with E-state index in [1.807, 2.05) is 0 Å². The molecular formula is C16H10Cl2F3N3O2S2. The molecule has 1 aromatic heterocycles. The van der Waals surface area contributed by atoms with Crippen LogP contribution in [0.3, 0.4) is 0 Å². The molecule has 0 unspecified atom stereocenters. The van der Waals surface area contributed by atoms with Gasteiger partial charge in [-0.3, -0.25) is 4.72 Å². The van der Waals surface area contributed by atoms with Crippen molar-refractivity contribution in [3.05, 3.63) is 68.6 Å². The van der Waals surface area contributed by atoms with E-state index in [4.69, 9.17) is 23.2 Å². The average molecular weight is 468 g/mol. The number of aromatic nitrogens is 2. The van der Waals surface area contributed by atoms with Crippen LogP contribution < -0.4 is 4.72 Å².